The molecule has 3 nitrogen and oxygen atoms in total. The van der Waals surface area contributed by atoms with Gasteiger partial charge in [0.2, 0.25) is 0 Å². The Hall–Kier alpha value is -0.613. The van der Waals surface area contributed by atoms with Crippen molar-refractivity contribution in [1.82, 2.24) is 0 Å². The van der Waals surface area contributed by atoms with Crippen molar-refractivity contribution in [2.45, 2.75) is 58.2 Å². The minimum Gasteiger partial charge on any atom is -0.463 e. The summed E-state index contributed by atoms with van der Waals surface area (Å²) in [6.45, 7) is 15.7. The lowest BCUT2D eigenvalue weighted by Crippen LogP contribution is -2.45. The summed E-state index contributed by atoms with van der Waals surface area (Å²) < 4.78 is 11.2. The number of carbonyl (C=O) groups is 1. The van der Waals surface area contributed by atoms with Crippen molar-refractivity contribution in [2.24, 2.45) is 0 Å². The molecule has 0 radical (unpaired) electrons. The first kappa shape index (κ1) is 17.4. The molecule has 0 saturated heterocycles. The van der Waals surface area contributed by atoms with Gasteiger partial charge >= 0.3 is 5.97 Å². The van der Waals surface area contributed by atoms with Gasteiger partial charge in [0.1, 0.15) is 0 Å². The van der Waals surface area contributed by atoms with E-state index in [1.807, 2.05) is 0 Å². The molecule has 0 spiro atoms. The summed E-state index contributed by atoms with van der Waals surface area (Å²) in [4.78, 5) is 11.0. The van der Waals surface area contributed by atoms with Gasteiger partial charge < -0.3 is 9.16 Å². The van der Waals surface area contributed by atoms with Crippen LogP contribution in [0.5, 0.6) is 0 Å². The third-order valence-electron chi connectivity index (χ3n) is 3.49. The van der Waals surface area contributed by atoms with E-state index in [1.165, 1.54) is 6.08 Å². The lowest BCUT2D eigenvalue weighted by molar-refractivity contribution is -0.137. The molecule has 0 aromatic rings. The molecule has 4 heteroatoms. The Morgan fingerprint density at radius 2 is 1.83 bits per heavy atom. The van der Waals surface area contributed by atoms with Crippen LogP contribution in [0.25, 0.3) is 0 Å². The van der Waals surface area contributed by atoms with Gasteiger partial charge in [0, 0.05) is 12.7 Å². The van der Waals surface area contributed by atoms with Crippen LogP contribution in [0.4, 0.5) is 0 Å². The third kappa shape index (κ3) is 4.94. The average Bonchev–Trinajstić information content (AvgIpc) is 2.31. The monoisotopic (exact) mass is 272 g/mol. The highest BCUT2D eigenvalue weighted by molar-refractivity contribution is 6.76. The zero-order valence-electron chi connectivity index (χ0n) is 12.5. The fourth-order valence-corrected chi connectivity index (χ4v) is 7.03. The molecule has 0 saturated carbocycles. The Morgan fingerprint density at radius 3 is 2.22 bits per heavy atom. The summed E-state index contributed by atoms with van der Waals surface area (Å²) in [6, 6.07) is 1.04. The highest BCUT2D eigenvalue weighted by atomic mass is 28.4. The van der Waals surface area contributed by atoms with Gasteiger partial charge in [-0.2, -0.15) is 0 Å². The minimum atomic E-state index is -1.75. The Morgan fingerprint density at radius 1 is 1.28 bits per heavy atom. The number of ether oxygens (including phenoxy) is 1. The summed E-state index contributed by atoms with van der Waals surface area (Å²) >= 11 is 0. The van der Waals surface area contributed by atoms with Crippen molar-refractivity contribution < 1.29 is 14.0 Å². The SMILES string of the molecule is C=CC(=O)OCCC[Si](OCC)(C(C)C)C(C)C. The maximum absolute atomic E-state index is 11.0. The zero-order chi connectivity index (χ0) is 14.2. The second-order valence-electron chi connectivity index (χ2n) is 5.17. The van der Waals surface area contributed by atoms with Crippen molar-refractivity contribution in [3.63, 3.8) is 0 Å². The van der Waals surface area contributed by atoms with Crippen molar-refractivity contribution >= 4 is 14.3 Å². The van der Waals surface area contributed by atoms with Gasteiger partial charge in [-0.15, -0.1) is 0 Å². The van der Waals surface area contributed by atoms with Crippen LogP contribution < -0.4 is 0 Å². The maximum atomic E-state index is 11.0. The molecule has 0 aliphatic rings. The van der Waals surface area contributed by atoms with Gasteiger partial charge in [-0.05, 0) is 30.5 Å². The molecule has 0 aliphatic carbocycles. The topological polar surface area (TPSA) is 35.5 Å². The van der Waals surface area contributed by atoms with E-state index < -0.39 is 8.32 Å². The Bertz CT molecular complexity index is 254. The van der Waals surface area contributed by atoms with E-state index in [0.717, 1.165) is 19.1 Å². The predicted molar refractivity (Wildman–Crippen MR) is 78.2 cm³/mol. The second kappa shape index (κ2) is 8.48. The molecule has 0 aromatic carbocycles. The lowest BCUT2D eigenvalue weighted by atomic mass is 10.5. The van der Waals surface area contributed by atoms with Crippen LogP contribution in [0.3, 0.4) is 0 Å². The molecule has 0 fully saturated rings. The molecular formula is C14H28O3Si. The van der Waals surface area contributed by atoms with Crippen molar-refractivity contribution in [3.05, 3.63) is 12.7 Å². The van der Waals surface area contributed by atoms with Gasteiger partial charge in [0.15, 0.2) is 8.32 Å². The standard InChI is InChI=1S/C14H28O3Si/c1-7-14(15)16-10-9-11-18(12(3)4,13(5)6)17-8-2/h7,12-13H,1,8-11H2,2-6H3. The molecule has 0 atom stereocenters. The number of rotatable bonds is 9. The number of hydrogen-bond donors (Lipinski definition) is 0. The van der Waals surface area contributed by atoms with Gasteiger partial charge in [0.05, 0.1) is 6.61 Å². The van der Waals surface area contributed by atoms with Gasteiger partial charge in [-0.1, -0.05) is 34.3 Å². The Labute approximate surface area is 113 Å². The van der Waals surface area contributed by atoms with E-state index in [1.54, 1.807) is 0 Å². The molecule has 106 valence electrons. The predicted octanol–water partition coefficient (Wildman–Crippen LogP) is 3.91. The highest BCUT2D eigenvalue weighted by Crippen LogP contribution is 2.37. The van der Waals surface area contributed by atoms with Crippen LogP contribution in [-0.4, -0.2) is 27.5 Å². The summed E-state index contributed by atoms with van der Waals surface area (Å²) in [7, 11) is -1.75. The summed E-state index contributed by atoms with van der Waals surface area (Å²) in [5.41, 5.74) is 1.15. The lowest BCUT2D eigenvalue weighted by Gasteiger charge is -2.38. The first-order valence-corrected chi connectivity index (χ1v) is 9.10. The summed E-state index contributed by atoms with van der Waals surface area (Å²) in [6.07, 6.45) is 2.08. The fourth-order valence-electron chi connectivity index (χ4n) is 2.50. The Kier molecular flexibility index (Phi) is 8.19. The first-order chi connectivity index (χ1) is 8.40. The van der Waals surface area contributed by atoms with Crippen LogP contribution in [0.15, 0.2) is 12.7 Å². The van der Waals surface area contributed by atoms with Gasteiger partial charge in [-0.3, -0.25) is 0 Å². The van der Waals surface area contributed by atoms with E-state index >= 15 is 0 Å². The number of esters is 1. The molecule has 18 heavy (non-hydrogen) atoms. The number of hydrogen-bond acceptors (Lipinski definition) is 3. The Balaban J connectivity index is 4.41. The van der Waals surface area contributed by atoms with Crippen LogP contribution in [0.1, 0.15) is 41.0 Å². The molecule has 0 rings (SSSR count). The van der Waals surface area contributed by atoms with Crippen LogP contribution >= 0.6 is 0 Å². The summed E-state index contributed by atoms with van der Waals surface area (Å²) in [5, 5.41) is 0. The van der Waals surface area contributed by atoms with Crippen molar-refractivity contribution in [3.8, 4) is 0 Å². The minimum absolute atomic E-state index is 0.340. The van der Waals surface area contributed by atoms with Gasteiger partial charge in [-0.25, -0.2) is 4.79 Å². The highest BCUT2D eigenvalue weighted by Gasteiger charge is 2.41. The smallest absolute Gasteiger partial charge is 0.330 e. The summed E-state index contributed by atoms with van der Waals surface area (Å²) in [5.74, 6) is -0.340. The molecule has 0 amide bonds. The molecule has 0 aliphatic heterocycles. The van der Waals surface area contributed by atoms with Gasteiger partial charge in [0.25, 0.3) is 0 Å². The molecule has 0 unspecified atom stereocenters. The first-order valence-electron chi connectivity index (χ1n) is 6.83. The van der Waals surface area contributed by atoms with Crippen molar-refractivity contribution in [1.29, 1.82) is 0 Å². The largest absolute Gasteiger partial charge is 0.463 e. The second-order valence-corrected chi connectivity index (χ2v) is 10.2. The normalized spacial score (nSPS) is 11.9. The van der Waals surface area contributed by atoms with Crippen LogP contribution in [0.2, 0.25) is 17.1 Å². The molecular weight excluding hydrogens is 244 g/mol. The average molecular weight is 272 g/mol. The quantitative estimate of drug-likeness (QED) is 0.276. The van der Waals surface area contributed by atoms with E-state index in [2.05, 4.69) is 41.2 Å². The molecule has 0 bridgehead atoms. The molecule has 0 aromatic heterocycles. The van der Waals surface area contributed by atoms with E-state index in [-0.39, 0.29) is 5.97 Å². The van der Waals surface area contributed by atoms with Crippen molar-refractivity contribution in [2.75, 3.05) is 13.2 Å². The third-order valence-corrected chi connectivity index (χ3v) is 9.36. The zero-order valence-corrected chi connectivity index (χ0v) is 13.5. The van der Waals surface area contributed by atoms with Crippen LogP contribution in [-0.2, 0) is 14.0 Å². The van der Waals surface area contributed by atoms with Crippen LogP contribution in [0, 0.1) is 0 Å². The molecule has 0 heterocycles. The fraction of sp³-hybridized carbons (Fsp3) is 0.786. The molecule has 0 N–H and O–H groups in total. The number of carbonyl (C=O) groups excluding carboxylic acids is 1. The maximum Gasteiger partial charge on any atom is 0.330 e. The van der Waals surface area contributed by atoms with E-state index in [4.69, 9.17) is 9.16 Å². The van der Waals surface area contributed by atoms with E-state index in [0.29, 0.717) is 17.7 Å². The van der Waals surface area contributed by atoms with E-state index in [9.17, 15) is 4.79 Å².